The number of aliphatic hydroxyl groups excluding tert-OH is 1. The summed E-state index contributed by atoms with van der Waals surface area (Å²) in [7, 11) is 0. The number of fused-ring (bicyclic) bond motifs is 1. The normalized spacial score (nSPS) is 52.4. The average molecular weight is 205 g/mol. The second kappa shape index (κ2) is 2.05. The van der Waals surface area contributed by atoms with Crippen LogP contribution in [0.1, 0.15) is 12.8 Å². The van der Waals surface area contributed by atoms with Gasteiger partial charge in [0.25, 0.3) is 0 Å². The second-order valence-electron chi connectivity index (χ2n) is 3.19. The van der Waals surface area contributed by atoms with Crippen molar-refractivity contribution in [1.82, 2.24) is 0 Å². The van der Waals surface area contributed by atoms with Gasteiger partial charge in [-0.15, -0.1) is 0 Å². The number of hydrogen-bond donors (Lipinski definition) is 1. The SMILES string of the molecule is O=C1C[C@@H]2C1CC(O)[C@H]2Br. The van der Waals surface area contributed by atoms with Gasteiger partial charge in [-0.3, -0.25) is 4.79 Å². The lowest BCUT2D eigenvalue weighted by Crippen LogP contribution is -2.36. The Kier molecular flexibility index (Phi) is 1.39. The standard InChI is InChI=1S/C7H9BrO2/c8-7-4-2-5(9)3(4)1-6(7)10/h3-4,6-7,10H,1-2H2/t3?,4-,6?,7+/m1/s1. The molecule has 0 saturated heterocycles. The smallest absolute Gasteiger partial charge is 0.136 e. The van der Waals surface area contributed by atoms with Gasteiger partial charge in [0.05, 0.1) is 6.10 Å². The van der Waals surface area contributed by atoms with Gasteiger partial charge in [0.2, 0.25) is 0 Å². The van der Waals surface area contributed by atoms with Crippen LogP contribution in [0.3, 0.4) is 0 Å². The van der Waals surface area contributed by atoms with Crippen LogP contribution in [0.2, 0.25) is 0 Å². The third kappa shape index (κ3) is 0.705. The first kappa shape index (κ1) is 6.80. The molecule has 0 heterocycles. The second-order valence-corrected chi connectivity index (χ2v) is 4.25. The highest BCUT2D eigenvalue weighted by molar-refractivity contribution is 9.09. The fourth-order valence-corrected chi connectivity index (χ4v) is 2.69. The Hall–Kier alpha value is 0.110. The lowest BCUT2D eigenvalue weighted by Gasteiger charge is -2.29. The van der Waals surface area contributed by atoms with Crippen LogP contribution < -0.4 is 0 Å². The summed E-state index contributed by atoms with van der Waals surface area (Å²) in [6.07, 6.45) is 1.07. The van der Waals surface area contributed by atoms with E-state index in [0.717, 1.165) is 0 Å². The maximum Gasteiger partial charge on any atom is 0.136 e. The third-order valence-electron chi connectivity index (χ3n) is 2.64. The molecule has 0 spiro atoms. The van der Waals surface area contributed by atoms with E-state index in [1.54, 1.807) is 0 Å². The number of halogens is 1. The number of carbonyl (C=O) groups excluding carboxylic acids is 1. The number of alkyl halides is 1. The van der Waals surface area contributed by atoms with Crippen LogP contribution in [-0.4, -0.2) is 21.8 Å². The molecule has 2 nitrogen and oxygen atoms in total. The molecule has 56 valence electrons. The Morgan fingerprint density at radius 1 is 1.60 bits per heavy atom. The monoisotopic (exact) mass is 204 g/mol. The number of rotatable bonds is 0. The topological polar surface area (TPSA) is 37.3 Å². The molecule has 0 aromatic heterocycles. The molecule has 2 saturated carbocycles. The molecule has 4 atom stereocenters. The Bertz CT molecular complexity index is 180. The molecule has 2 aliphatic carbocycles. The van der Waals surface area contributed by atoms with Crippen molar-refractivity contribution >= 4 is 21.7 Å². The van der Waals surface area contributed by atoms with Crippen molar-refractivity contribution in [1.29, 1.82) is 0 Å². The number of hydrogen-bond acceptors (Lipinski definition) is 2. The largest absolute Gasteiger partial charge is 0.392 e. The highest BCUT2D eigenvalue weighted by Crippen LogP contribution is 2.47. The van der Waals surface area contributed by atoms with Gasteiger partial charge < -0.3 is 5.11 Å². The molecule has 3 heteroatoms. The van der Waals surface area contributed by atoms with Crippen molar-refractivity contribution in [2.24, 2.45) is 11.8 Å². The minimum absolute atomic E-state index is 0.176. The Morgan fingerprint density at radius 3 is 2.70 bits per heavy atom. The average Bonchev–Trinajstić information content (AvgIpc) is 2.12. The van der Waals surface area contributed by atoms with Crippen molar-refractivity contribution < 1.29 is 9.90 Å². The molecule has 2 fully saturated rings. The summed E-state index contributed by atoms with van der Waals surface area (Å²) < 4.78 is 0. The van der Waals surface area contributed by atoms with E-state index in [0.29, 0.717) is 24.5 Å². The van der Waals surface area contributed by atoms with Gasteiger partial charge in [-0.05, 0) is 12.3 Å². The van der Waals surface area contributed by atoms with Crippen molar-refractivity contribution in [3.05, 3.63) is 0 Å². The zero-order valence-electron chi connectivity index (χ0n) is 5.46. The third-order valence-corrected chi connectivity index (χ3v) is 3.93. The molecule has 2 aliphatic rings. The van der Waals surface area contributed by atoms with Gasteiger partial charge in [-0.2, -0.15) is 0 Å². The number of carbonyl (C=O) groups is 1. The van der Waals surface area contributed by atoms with E-state index < -0.39 is 0 Å². The van der Waals surface area contributed by atoms with Crippen LogP contribution in [-0.2, 0) is 4.79 Å². The Balaban J connectivity index is 2.13. The van der Waals surface area contributed by atoms with Gasteiger partial charge >= 0.3 is 0 Å². The van der Waals surface area contributed by atoms with Crippen LogP contribution in [0.4, 0.5) is 0 Å². The van der Waals surface area contributed by atoms with Crippen LogP contribution in [0.5, 0.6) is 0 Å². The van der Waals surface area contributed by atoms with Gasteiger partial charge in [-0.25, -0.2) is 0 Å². The van der Waals surface area contributed by atoms with Crippen LogP contribution in [0, 0.1) is 11.8 Å². The molecular weight excluding hydrogens is 196 g/mol. The minimum atomic E-state index is -0.290. The predicted molar refractivity (Wildman–Crippen MR) is 39.9 cm³/mol. The highest BCUT2D eigenvalue weighted by atomic mass is 79.9. The van der Waals surface area contributed by atoms with Crippen LogP contribution in [0.25, 0.3) is 0 Å². The van der Waals surface area contributed by atoms with Gasteiger partial charge in [-0.1, -0.05) is 15.9 Å². The van der Waals surface area contributed by atoms with Crippen molar-refractivity contribution in [3.8, 4) is 0 Å². The summed E-state index contributed by atoms with van der Waals surface area (Å²) >= 11 is 3.39. The lowest BCUT2D eigenvalue weighted by atomic mass is 9.75. The van der Waals surface area contributed by atoms with E-state index in [9.17, 15) is 9.90 Å². The molecule has 1 N–H and O–H groups in total. The van der Waals surface area contributed by atoms with Crippen molar-refractivity contribution in [3.63, 3.8) is 0 Å². The molecule has 0 aromatic carbocycles. The molecule has 2 rings (SSSR count). The van der Waals surface area contributed by atoms with E-state index in [2.05, 4.69) is 15.9 Å². The summed E-state index contributed by atoms with van der Waals surface area (Å²) in [6, 6.07) is 0. The molecule has 0 aromatic rings. The number of aliphatic hydroxyl groups is 1. The maximum absolute atomic E-state index is 10.9. The molecule has 0 bridgehead atoms. The first-order valence-corrected chi connectivity index (χ1v) is 4.46. The van der Waals surface area contributed by atoms with E-state index in [4.69, 9.17) is 0 Å². The number of ketones is 1. The number of Topliss-reactive ketones (excluding diaryl/α,β-unsaturated/α-hetero) is 1. The fraction of sp³-hybridized carbons (Fsp3) is 0.857. The summed E-state index contributed by atoms with van der Waals surface area (Å²) in [5.74, 6) is 0.952. The maximum atomic E-state index is 10.9. The molecule has 0 radical (unpaired) electrons. The van der Waals surface area contributed by atoms with Gasteiger partial charge in [0, 0.05) is 17.2 Å². The molecule has 0 aliphatic heterocycles. The van der Waals surface area contributed by atoms with Crippen LogP contribution >= 0.6 is 15.9 Å². The zero-order valence-corrected chi connectivity index (χ0v) is 7.04. The van der Waals surface area contributed by atoms with Gasteiger partial charge in [0.1, 0.15) is 5.78 Å². The summed E-state index contributed by atoms with van der Waals surface area (Å²) in [5, 5.41) is 9.30. The van der Waals surface area contributed by atoms with Gasteiger partial charge in [0.15, 0.2) is 0 Å². The zero-order chi connectivity index (χ0) is 7.30. The molecule has 10 heavy (non-hydrogen) atoms. The summed E-state index contributed by atoms with van der Waals surface area (Å²) in [5.41, 5.74) is 0. The van der Waals surface area contributed by atoms with Crippen molar-refractivity contribution in [2.45, 2.75) is 23.8 Å². The molecule has 0 amide bonds. The Morgan fingerprint density at radius 2 is 2.30 bits per heavy atom. The van der Waals surface area contributed by atoms with E-state index in [1.807, 2.05) is 0 Å². The predicted octanol–water partition coefficient (Wildman–Crippen LogP) is 0.720. The quantitative estimate of drug-likeness (QED) is 0.591. The molecule has 2 unspecified atom stereocenters. The summed E-state index contributed by atoms with van der Waals surface area (Å²) in [6.45, 7) is 0. The van der Waals surface area contributed by atoms with Crippen molar-refractivity contribution in [2.75, 3.05) is 0 Å². The molecular formula is C7H9BrO2. The Labute approximate surface area is 67.7 Å². The minimum Gasteiger partial charge on any atom is -0.392 e. The van der Waals surface area contributed by atoms with E-state index >= 15 is 0 Å². The lowest BCUT2D eigenvalue weighted by molar-refractivity contribution is -0.132. The van der Waals surface area contributed by atoms with E-state index in [-0.39, 0.29) is 16.8 Å². The fourth-order valence-electron chi connectivity index (χ4n) is 1.92. The highest BCUT2D eigenvalue weighted by Gasteiger charge is 2.51. The first-order valence-electron chi connectivity index (χ1n) is 3.55. The van der Waals surface area contributed by atoms with Crippen LogP contribution in [0.15, 0.2) is 0 Å². The van der Waals surface area contributed by atoms with E-state index in [1.165, 1.54) is 0 Å². The summed E-state index contributed by atoms with van der Waals surface area (Å²) in [4.78, 5) is 11.0. The first-order chi connectivity index (χ1) is 4.70.